The fourth-order valence-electron chi connectivity index (χ4n) is 5.32. The molecular weight excluding hydrogens is 584 g/mol. The van der Waals surface area contributed by atoms with Gasteiger partial charge in [-0.15, -0.1) is 0 Å². The molecule has 1 aliphatic heterocycles. The van der Waals surface area contributed by atoms with Crippen molar-refractivity contribution in [3.05, 3.63) is 68.8 Å². The summed E-state index contributed by atoms with van der Waals surface area (Å²) < 4.78 is 5.50. The number of piperazine rings is 1. The number of aryl methyl sites for hydroxylation is 2. The van der Waals surface area contributed by atoms with Gasteiger partial charge < -0.3 is 35.6 Å². The van der Waals surface area contributed by atoms with Gasteiger partial charge in [-0.1, -0.05) is 13.3 Å². The Bertz CT molecular complexity index is 1620. The first-order valence-electron chi connectivity index (χ1n) is 15.8. The van der Waals surface area contributed by atoms with Crippen LogP contribution in [-0.2, 0) is 17.7 Å². The third-order valence-corrected chi connectivity index (χ3v) is 7.48. The second-order valence-electron chi connectivity index (χ2n) is 12.8. The zero-order valence-corrected chi connectivity index (χ0v) is 27.9. The van der Waals surface area contributed by atoms with E-state index in [1.807, 2.05) is 66.7 Å². The van der Waals surface area contributed by atoms with Crippen LogP contribution in [0.4, 0.5) is 16.4 Å². The van der Waals surface area contributed by atoms with E-state index in [1.165, 1.54) is 0 Å². The molecule has 246 valence electrons. The molecule has 12 heteroatoms. The van der Waals surface area contributed by atoms with Crippen molar-refractivity contribution in [3.63, 3.8) is 0 Å². The number of hydrogen-bond donors (Lipinski definition) is 4. The lowest BCUT2D eigenvalue weighted by atomic mass is 10.0. The summed E-state index contributed by atoms with van der Waals surface area (Å²) in [5.41, 5.74) is 3.30. The van der Waals surface area contributed by atoms with Gasteiger partial charge in [-0.3, -0.25) is 9.59 Å². The van der Waals surface area contributed by atoms with Crippen molar-refractivity contribution in [1.29, 1.82) is 5.41 Å². The first-order chi connectivity index (χ1) is 21.8. The van der Waals surface area contributed by atoms with Gasteiger partial charge in [0.15, 0.2) is 0 Å². The number of anilines is 2. The second-order valence-corrected chi connectivity index (χ2v) is 12.8. The molecule has 0 saturated carbocycles. The Hall–Kier alpha value is -4.74. The topological polar surface area (TPSA) is 156 Å². The normalized spacial score (nSPS) is 13.5. The van der Waals surface area contributed by atoms with Crippen LogP contribution >= 0.6 is 0 Å². The van der Waals surface area contributed by atoms with E-state index in [9.17, 15) is 14.4 Å². The van der Waals surface area contributed by atoms with Gasteiger partial charge in [0, 0.05) is 73.6 Å². The second kappa shape index (κ2) is 14.6. The molecular formula is C34H46N8O4. The van der Waals surface area contributed by atoms with Crippen LogP contribution in [0.5, 0.6) is 0 Å². The molecule has 1 fully saturated rings. The fourth-order valence-corrected chi connectivity index (χ4v) is 5.32. The number of carbonyl (C=O) groups is 2. The number of H-pyrrole nitrogens is 1. The summed E-state index contributed by atoms with van der Waals surface area (Å²) in [6.45, 7) is 15.7. The third kappa shape index (κ3) is 8.49. The monoisotopic (exact) mass is 630 g/mol. The van der Waals surface area contributed by atoms with Gasteiger partial charge in [-0.05, 0) is 77.8 Å². The zero-order valence-electron chi connectivity index (χ0n) is 27.9. The van der Waals surface area contributed by atoms with Crippen LogP contribution < -0.4 is 21.1 Å². The predicted octanol–water partition coefficient (Wildman–Crippen LogP) is 4.90. The first kappa shape index (κ1) is 34.1. The van der Waals surface area contributed by atoms with Crippen molar-refractivity contribution < 1.29 is 14.3 Å². The Morgan fingerprint density at radius 1 is 1.15 bits per heavy atom. The van der Waals surface area contributed by atoms with Crippen molar-refractivity contribution in [2.75, 3.05) is 36.4 Å². The lowest BCUT2D eigenvalue weighted by Crippen LogP contribution is -2.50. The van der Waals surface area contributed by atoms with Crippen LogP contribution in [0.2, 0.25) is 0 Å². The fraction of sp³-hybridized carbons (Fsp3) is 0.471. The zero-order chi connectivity index (χ0) is 33.6. The van der Waals surface area contributed by atoms with E-state index in [2.05, 4.69) is 25.5 Å². The summed E-state index contributed by atoms with van der Waals surface area (Å²) in [5, 5.41) is 14.3. The number of aromatic amines is 1. The molecule has 46 heavy (non-hydrogen) atoms. The molecule has 0 aliphatic carbocycles. The van der Waals surface area contributed by atoms with Gasteiger partial charge in [-0.25, -0.2) is 14.8 Å². The van der Waals surface area contributed by atoms with Crippen molar-refractivity contribution in [1.82, 2.24) is 25.2 Å². The third-order valence-electron chi connectivity index (χ3n) is 7.48. The molecule has 1 saturated heterocycles. The maximum Gasteiger partial charge on any atom is 0.410 e. The molecule has 0 atom stereocenters. The highest BCUT2D eigenvalue weighted by Crippen LogP contribution is 2.27. The van der Waals surface area contributed by atoms with Gasteiger partial charge in [0.25, 0.3) is 11.5 Å². The summed E-state index contributed by atoms with van der Waals surface area (Å²) in [7, 11) is 0. The lowest BCUT2D eigenvalue weighted by Gasteiger charge is -2.36. The van der Waals surface area contributed by atoms with Crippen molar-refractivity contribution in [2.24, 2.45) is 0 Å². The molecule has 3 aromatic rings. The quantitative estimate of drug-likeness (QED) is 0.231. The molecule has 0 unspecified atom stereocenters. The highest BCUT2D eigenvalue weighted by molar-refractivity contribution is 6.05. The Labute approximate surface area is 270 Å². The minimum absolute atomic E-state index is 0.0000663. The number of ether oxygens (including phenoxy) is 1. The number of rotatable bonds is 10. The van der Waals surface area contributed by atoms with Crippen LogP contribution in [0.25, 0.3) is 11.3 Å². The highest BCUT2D eigenvalue weighted by atomic mass is 16.6. The van der Waals surface area contributed by atoms with Gasteiger partial charge in [0.1, 0.15) is 17.2 Å². The minimum atomic E-state index is -0.542. The number of pyridine rings is 3. The molecule has 0 radical (unpaired) electrons. The van der Waals surface area contributed by atoms with Crippen LogP contribution in [0.3, 0.4) is 0 Å². The molecule has 0 aromatic carbocycles. The van der Waals surface area contributed by atoms with E-state index >= 15 is 0 Å². The van der Waals surface area contributed by atoms with Gasteiger partial charge >= 0.3 is 6.09 Å². The Morgan fingerprint density at radius 3 is 2.46 bits per heavy atom. The Morgan fingerprint density at radius 2 is 1.87 bits per heavy atom. The van der Waals surface area contributed by atoms with Crippen LogP contribution in [0, 0.1) is 12.3 Å². The minimum Gasteiger partial charge on any atom is -0.444 e. The molecule has 4 heterocycles. The predicted molar refractivity (Wildman–Crippen MR) is 181 cm³/mol. The number of nitrogens with zero attached hydrogens (tertiary/aromatic N) is 4. The average molecular weight is 631 g/mol. The summed E-state index contributed by atoms with van der Waals surface area (Å²) in [6.07, 6.45) is 4.12. The molecule has 0 bridgehead atoms. The van der Waals surface area contributed by atoms with Gasteiger partial charge in [0.05, 0.1) is 11.3 Å². The molecule has 12 nitrogen and oxygen atoms in total. The molecule has 4 rings (SSSR count). The summed E-state index contributed by atoms with van der Waals surface area (Å²) in [5.74, 6) is 0.770. The molecule has 4 N–H and O–H groups in total. The maximum atomic E-state index is 13.6. The van der Waals surface area contributed by atoms with Crippen molar-refractivity contribution in [3.8, 4) is 11.3 Å². The van der Waals surface area contributed by atoms with E-state index in [4.69, 9.17) is 15.1 Å². The Kier molecular flexibility index (Phi) is 10.8. The SMILES string of the molecule is CCCc1cc(C)[nH]c(=O)c1CNC(=O)c1cc(-c2ccc(N3CCN(C(=O)OC(C)(C)C)CC3)nc2)nc(NC(C)C)c1C=N. The summed E-state index contributed by atoms with van der Waals surface area (Å²) in [4.78, 5) is 55.0. The molecule has 3 aromatic heterocycles. The number of carbonyl (C=O) groups excluding carboxylic acids is 2. The number of nitrogens with one attached hydrogen (secondary N) is 4. The van der Waals surface area contributed by atoms with E-state index < -0.39 is 11.5 Å². The first-order valence-corrected chi connectivity index (χ1v) is 15.8. The number of aromatic nitrogens is 3. The largest absolute Gasteiger partial charge is 0.444 e. The molecule has 1 aliphatic rings. The Balaban J connectivity index is 1.57. The van der Waals surface area contributed by atoms with E-state index in [0.717, 1.165) is 36.1 Å². The van der Waals surface area contributed by atoms with E-state index in [0.29, 0.717) is 54.4 Å². The average Bonchev–Trinajstić information content (AvgIpc) is 2.99. The van der Waals surface area contributed by atoms with Crippen molar-refractivity contribution >= 4 is 29.9 Å². The maximum absolute atomic E-state index is 13.6. The molecule has 0 spiro atoms. The molecule has 2 amide bonds. The summed E-state index contributed by atoms with van der Waals surface area (Å²) >= 11 is 0. The number of hydrogen-bond acceptors (Lipinski definition) is 9. The summed E-state index contributed by atoms with van der Waals surface area (Å²) in [6, 6.07) is 7.41. The van der Waals surface area contributed by atoms with Crippen LogP contribution in [0.1, 0.15) is 80.7 Å². The standard InChI is InChI=1S/C34H46N8O4/c1-8-9-23-16-22(4)39-32(44)27(23)20-37-31(43)25-17-28(40-30(26(25)18-35)38-21(2)3)24-10-11-29(36-19-24)41-12-14-42(15-13-41)33(45)46-34(5,6)7/h10-11,16-19,21,35H,8-9,12-15,20H2,1-7H3,(H,37,43)(H,38,40)(H,39,44). The van der Waals surface area contributed by atoms with E-state index in [1.54, 1.807) is 17.2 Å². The van der Waals surface area contributed by atoms with Crippen molar-refractivity contribution in [2.45, 2.75) is 79.5 Å². The highest BCUT2D eigenvalue weighted by Gasteiger charge is 2.26. The van der Waals surface area contributed by atoms with Crippen LogP contribution in [0.15, 0.2) is 35.3 Å². The smallest absolute Gasteiger partial charge is 0.410 e. The van der Waals surface area contributed by atoms with Crippen LogP contribution in [-0.4, -0.2) is 75.9 Å². The number of amides is 2. The van der Waals surface area contributed by atoms with E-state index in [-0.39, 0.29) is 29.8 Å². The lowest BCUT2D eigenvalue weighted by molar-refractivity contribution is 0.0240. The van der Waals surface area contributed by atoms with Gasteiger partial charge in [0.2, 0.25) is 0 Å². The van der Waals surface area contributed by atoms with Gasteiger partial charge in [-0.2, -0.15) is 0 Å².